The van der Waals surface area contributed by atoms with Gasteiger partial charge >= 0.3 is 0 Å². The summed E-state index contributed by atoms with van der Waals surface area (Å²) in [5.41, 5.74) is 1.44. The highest BCUT2D eigenvalue weighted by Crippen LogP contribution is 2.20. The second kappa shape index (κ2) is 8.50. The van der Waals surface area contributed by atoms with Crippen LogP contribution in [0.1, 0.15) is 25.3 Å². The third kappa shape index (κ3) is 4.92. The van der Waals surface area contributed by atoms with Crippen LogP contribution in [-0.4, -0.2) is 37.5 Å². The first-order valence-corrected chi connectivity index (χ1v) is 7.94. The molecule has 0 aromatic heterocycles. The number of nitrogens with one attached hydrogen (secondary N) is 1. The molecule has 1 saturated heterocycles. The minimum atomic E-state index is 0.737. The summed E-state index contributed by atoms with van der Waals surface area (Å²) in [7, 11) is 1.88. The van der Waals surface area contributed by atoms with Crippen molar-refractivity contribution in [1.82, 2.24) is 10.2 Å². The van der Waals surface area contributed by atoms with Crippen molar-refractivity contribution in [3.63, 3.8) is 0 Å². The van der Waals surface area contributed by atoms with Crippen molar-refractivity contribution in [2.45, 2.75) is 26.2 Å². The van der Waals surface area contributed by atoms with Crippen LogP contribution in [0.15, 0.2) is 47.5 Å². The molecule has 3 nitrogen and oxygen atoms in total. The Morgan fingerprint density at radius 3 is 2.90 bits per heavy atom. The number of hydrogen-bond donors (Lipinski definition) is 1. The normalized spacial score (nSPS) is 19.4. The van der Waals surface area contributed by atoms with Crippen molar-refractivity contribution in [3.05, 3.63) is 48.0 Å². The highest BCUT2D eigenvalue weighted by atomic mass is 15.3. The van der Waals surface area contributed by atoms with Gasteiger partial charge in [-0.1, -0.05) is 42.5 Å². The molecule has 0 amide bonds. The molecule has 1 heterocycles. The van der Waals surface area contributed by atoms with E-state index in [4.69, 9.17) is 0 Å². The first-order valence-electron chi connectivity index (χ1n) is 7.94. The number of rotatable bonds is 5. The summed E-state index contributed by atoms with van der Waals surface area (Å²) in [5.74, 6) is 1.79. The molecular weight excluding hydrogens is 258 g/mol. The predicted octanol–water partition coefficient (Wildman–Crippen LogP) is 3.09. The van der Waals surface area contributed by atoms with E-state index in [1.165, 1.54) is 18.4 Å². The van der Waals surface area contributed by atoms with Gasteiger partial charge in [0.15, 0.2) is 5.96 Å². The predicted molar refractivity (Wildman–Crippen MR) is 90.6 cm³/mol. The van der Waals surface area contributed by atoms with E-state index in [0.717, 1.165) is 37.9 Å². The van der Waals surface area contributed by atoms with E-state index in [9.17, 15) is 0 Å². The molecule has 0 aliphatic carbocycles. The first-order chi connectivity index (χ1) is 10.3. The van der Waals surface area contributed by atoms with Gasteiger partial charge in [0, 0.05) is 26.7 Å². The Balaban J connectivity index is 1.80. The zero-order chi connectivity index (χ0) is 14.9. The summed E-state index contributed by atoms with van der Waals surface area (Å²) >= 11 is 0. The topological polar surface area (TPSA) is 27.6 Å². The molecule has 0 radical (unpaired) electrons. The van der Waals surface area contributed by atoms with Crippen molar-refractivity contribution >= 4 is 5.96 Å². The Bertz CT molecular complexity index is 465. The molecule has 0 bridgehead atoms. The standard InChI is InChI=1S/C18H27N3/c1-3-4-8-12-20-18(19-2)21-13-11-17(15-21)14-16-9-6-5-7-10-16/h3-7,9-10,17H,8,11-15H2,1-2H3,(H,19,20)/b4-3+. The van der Waals surface area contributed by atoms with E-state index in [-0.39, 0.29) is 0 Å². The summed E-state index contributed by atoms with van der Waals surface area (Å²) in [6.07, 6.45) is 7.76. The van der Waals surface area contributed by atoms with Gasteiger partial charge < -0.3 is 10.2 Å². The first kappa shape index (κ1) is 15.6. The number of guanidine groups is 1. The van der Waals surface area contributed by atoms with Crippen LogP contribution in [0.5, 0.6) is 0 Å². The van der Waals surface area contributed by atoms with Crippen LogP contribution in [0.25, 0.3) is 0 Å². The fourth-order valence-electron chi connectivity index (χ4n) is 2.91. The largest absolute Gasteiger partial charge is 0.356 e. The number of allylic oxidation sites excluding steroid dienone is 1. The van der Waals surface area contributed by atoms with Crippen LogP contribution in [-0.2, 0) is 6.42 Å². The Morgan fingerprint density at radius 1 is 1.38 bits per heavy atom. The molecule has 1 aliphatic heterocycles. The van der Waals surface area contributed by atoms with Gasteiger partial charge in [-0.05, 0) is 37.7 Å². The Hall–Kier alpha value is -1.77. The summed E-state index contributed by atoms with van der Waals surface area (Å²) in [6.45, 7) is 5.24. The molecule has 1 N–H and O–H groups in total. The lowest BCUT2D eigenvalue weighted by Crippen LogP contribution is -2.40. The second-order valence-corrected chi connectivity index (χ2v) is 5.62. The average molecular weight is 285 g/mol. The lowest BCUT2D eigenvalue weighted by molar-refractivity contribution is 0.460. The molecule has 0 saturated carbocycles. The Labute approximate surface area is 128 Å². The van der Waals surface area contributed by atoms with Gasteiger partial charge in [0.05, 0.1) is 0 Å². The average Bonchev–Trinajstić information content (AvgIpc) is 2.97. The minimum absolute atomic E-state index is 0.737. The van der Waals surface area contributed by atoms with Gasteiger partial charge in [-0.3, -0.25) is 4.99 Å². The highest BCUT2D eigenvalue weighted by Gasteiger charge is 2.24. The quantitative estimate of drug-likeness (QED) is 0.390. The molecule has 1 fully saturated rings. The number of hydrogen-bond acceptors (Lipinski definition) is 1. The van der Waals surface area contributed by atoms with E-state index >= 15 is 0 Å². The van der Waals surface area contributed by atoms with Gasteiger partial charge in [0.25, 0.3) is 0 Å². The van der Waals surface area contributed by atoms with Crippen LogP contribution in [0.4, 0.5) is 0 Å². The van der Waals surface area contributed by atoms with Crippen molar-refractivity contribution < 1.29 is 0 Å². The number of aliphatic imine (C=N–C) groups is 1. The van der Waals surface area contributed by atoms with Crippen molar-refractivity contribution in [1.29, 1.82) is 0 Å². The van der Waals surface area contributed by atoms with Gasteiger partial charge in [0.2, 0.25) is 0 Å². The molecule has 1 aromatic rings. The summed E-state index contributed by atoms with van der Waals surface area (Å²) < 4.78 is 0. The zero-order valence-electron chi connectivity index (χ0n) is 13.3. The van der Waals surface area contributed by atoms with E-state index in [1.807, 2.05) is 7.05 Å². The van der Waals surface area contributed by atoms with Gasteiger partial charge in [-0.2, -0.15) is 0 Å². The lowest BCUT2D eigenvalue weighted by atomic mass is 9.99. The SMILES string of the molecule is C/C=C/CCNC(=NC)N1CCC(Cc2ccccc2)C1. The highest BCUT2D eigenvalue weighted by molar-refractivity contribution is 5.80. The van der Waals surface area contributed by atoms with Gasteiger partial charge in [0.1, 0.15) is 0 Å². The monoisotopic (exact) mass is 285 g/mol. The molecule has 3 heteroatoms. The van der Waals surface area contributed by atoms with Crippen LogP contribution in [0, 0.1) is 5.92 Å². The molecular formula is C18H27N3. The minimum Gasteiger partial charge on any atom is -0.356 e. The van der Waals surface area contributed by atoms with Crippen molar-refractivity contribution in [3.8, 4) is 0 Å². The number of benzene rings is 1. The molecule has 114 valence electrons. The molecule has 1 unspecified atom stereocenters. The molecule has 21 heavy (non-hydrogen) atoms. The number of nitrogens with zero attached hydrogens (tertiary/aromatic N) is 2. The van der Waals surface area contributed by atoms with Crippen LogP contribution < -0.4 is 5.32 Å². The van der Waals surface area contributed by atoms with Crippen LogP contribution in [0.3, 0.4) is 0 Å². The van der Waals surface area contributed by atoms with E-state index in [1.54, 1.807) is 0 Å². The molecule has 1 aromatic carbocycles. The Morgan fingerprint density at radius 2 is 2.19 bits per heavy atom. The van der Waals surface area contributed by atoms with Crippen molar-refractivity contribution in [2.75, 3.05) is 26.7 Å². The zero-order valence-corrected chi connectivity index (χ0v) is 13.3. The Kier molecular flexibility index (Phi) is 6.32. The molecule has 1 atom stereocenters. The maximum absolute atomic E-state index is 4.42. The maximum atomic E-state index is 4.42. The van der Waals surface area contributed by atoms with Crippen LogP contribution >= 0.6 is 0 Å². The summed E-state index contributed by atoms with van der Waals surface area (Å²) in [6, 6.07) is 10.8. The smallest absolute Gasteiger partial charge is 0.193 e. The third-order valence-electron chi connectivity index (χ3n) is 3.99. The summed E-state index contributed by atoms with van der Waals surface area (Å²) in [5, 5.41) is 3.46. The van der Waals surface area contributed by atoms with E-state index in [2.05, 4.69) is 64.6 Å². The fraction of sp³-hybridized carbons (Fsp3) is 0.500. The third-order valence-corrected chi connectivity index (χ3v) is 3.99. The van der Waals surface area contributed by atoms with Crippen LogP contribution in [0.2, 0.25) is 0 Å². The molecule has 2 rings (SSSR count). The maximum Gasteiger partial charge on any atom is 0.193 e. The second-order valence-electron chi connectivity index (χ2n) is 5.62. The molecule has 0 spiro atoms. The summed E-state index contributed by atoms with van der Waals surface area (Å²) in [4.78, 5) is 6.81. The lowest BCUT2D eigenvalue weighted by Gasteiger charge is -2.21. The van der Waals surface area contributed by atoms with Gasteiger partial charge in [-0.15, -0.1) is 0 Å². The number of likely N-dealkylation sites (tertiary alicyclic amines) is 1. The van der Waals surface area contributed by atoms with Crippen molar-refractivity contribution in [2.24, 2.45) is 10.9 Å². The van der Waals surface area contributed by atoms with Gasteiger partial charge in [-0.25, -0.2) is 0 Å². The van der Waals surface area contributed by atoms with E-state index in [0.29, 0.717) is 0 Å². The van der Waals surface area contributed by atoms with E-state index < -0.39 is 0 Å². The molecule has 1 aliphatic rings. The fourth-order valence-corrected chi connectivity index (χ4v) is 2.91.